The summed E-state index contributed by atoms with van der Waals surface area (Å²) in [5, 5.41) is 3.09. The molecule has 22 heavy (non-hydrogen) atoms. The van der Waals surface area contributed by atoms with E-state index in [4.69, 9.17) is 0 Å². The molecule has 3 nitrogen and oxygen atoms in total. The summed E-state index contributed by atoms with van der Waals surface area (Å²) in [6, 6.07) is 6.57. The molecule has 1 amide bonds. The van der Waals surface area contributed by atoms with Crippen LogP contribution in [0, 0.1) is 5.41 Å². The number of hydrogen-bond donors (Lipinski definition) is 1. The molecule has 0 saturated heterocycles. The lowest BCUT2D eigenvalue weighted by atomic mass is 9.90. The Kier molecular flexibility index (Phi) is 5.63. The number of aryl methyl sites for hydroxylation is 2. The predicted molar refractivity (Wildman–Crippen MR) is 92.1 cm³/mol. The maximum Gasteiger partial charge on any atom is 0.224 e. The third-order valence-electron chi connectivity index (χ3n) is 4.29. The van der Waals surface area contributed by atoms with Gasteiger partial charge in [0.2, 0.25) is 5.91 Å². The highest BCUT2D eigenvalue weighted by atomic mass is 16.1. The molecule has 0 bridgehead atoms. The van der Waals surface area contributed by atoms with Gasteiger partial charge in [-0.05, 0) is 61.9 Å². The van der Waals surface area contributed by atoms with Crippen LogP contribution in [0.15, 0.2) is 18.2 Å². The van der Waals surface area contributed by atoms with Crippen LogP contribution < -0.4 is 5.32 Å². The summed E-state index contributed by atoms with van der Waals surface area (Å²) < 4.78 is 0. The number of benzene rings is 1. The topological polar surface area (TPSA) is 32.3 Å². The standard InChI is InChI=1S/C19H30N2O/c1-19(2,14-21(3)4)13-20-18(22)12-15-9-10-16-7-5-6-8-17(16)11-15/h9-11H,5-8,12-14H2,1-4H3,(H,20,22). The number of rotatable bonds is 6. The monoisotopic (exact) mass is 302 g/mol. The molecule has 0 saturated carbocycles. The SMILES string of the molecule is CN(C)CC(C)(C)CNC(=O)Cc1ccc2c(c1)CCCC2. The van der Waals surface area contributed by atoms with E-state index >= 15 is 0 Å². The second kappa shape index (κ2) is 7.28. The Morgan fingerprint density at radius 3 is 2.55 bits per heavy atom. The zero-order valence-electron chi connectivity index (χ0n) is 14.5. The molecule has 0 fully saturated rings. The summed E-state index contributed by atoms with van der Waals surface area (Å²) in [4.78, 5) is 14.4. The van der Waals surface area contributed by atoms with Crippen LogP contribution in [-0.2, 0) is 24.1 Å². The average molecular weight is 302 g/mol. The minimum atomic E-state index is 0.0923. The highest BCUT2D eigenvalue weighted by molar-refractivity contribution is 5.78. The maximum absolute atomic E-state index is 12.2. The third kappa shape index (κ3) is 5.13. The average Bonchev–Trinajstić information content (AvgIpc) is 2.44. The Morgan fingerprint density at radius 2 is 1.86 bits per heavy atom. The van der Waals surface area contributed by atoms with Crippen molar-refractivity contribution in [1.29, 1.82) is 0 Å². The lowest BCUT2D eigenvalue weighted by molar-refractivity contribution is -0.120. The van der Waals surface area contributed by atoms with Crippen LogP contribution in [0.25, 0.3) is 0 Å². The first-order valence-electron chi connectivity index (χ1n) is 8.38. The van der Waals surface area contributed by atoms with Gasteiger partial charge >= 0.3 is 0 Å². The molecule has 1 aromatic rings. The fraction of sp³-hybridized carbons (Fsp3) is 0.632. The number of nitrogens with one attached hydrogen (secondary N) is 1. The van der Waals surface area contributed by atoms with Crippen molar-refractivity contribution >= 4 is 5.91 Å². The Balaban J connectivity index is 1.87. The fourth-order valence-corrected chi connectivity index (χ4v) is 3.39. The summed E-state index contributed by atoms with van der Waals surface area (Å²) in [7, 11) is 4.13. The largest absolute Gasteiger partial charge is 0.355 e. The van der Waals surface area contributed by atoms with Crippen molar-refractivity contribution in [2.24, 2.45) is 5.41 Å². The van der Waals surface area contributed by atoms with Gasteiger partial charge in [-0.3, -0.25) is 4.79 Å². The fourth-order valence-electron chi connectivity index (χ4n) is 3.39. The number of nitrogens with zero attached hydrogens (tertiary/aromatic N) is 1. The van der Waals surface area contributed by atoms with Crippen LogP contribution >= 0.6 is 0 Å². The Hall–Kier alpha value is -1.35. The van der Waals surface area contributed by atoms with Gasteiger partial charge in [-0.25, -0.2) is 0 Å². The van der Waals surface area contributed by atoms with Crippen molar-refractivity contribution in [3.63, 3.8) is 0 Å². The van der Waals surface area contributed by atoms with Crippen LogP contribution in [0.5, 0.6) is 0 Å². The quantitative estimate of drug-likeness (QED) is 0.876. The number of hydrogen-bond acceptors (Lipinski definition) is 2. The van der Waals surface area contributed by atoms with E-state index < -0.39 is 0 Å². The van der Waals surface area contributed by atoms with Crippen molar-refractivity contribution in [3.8, 4) is 0 Å². The molecule has 1 aliphatic carbocycles. The molecule has 0 unspecified atom stereocenters. The molecule has 0 aliphatic heterocycles. The molecule has 2 rings (SSSR count). The Bertz CT molecular complexity index is 520. The van der Waals surface area contributed by atoms with E-state index in [0.717, 1.165) is 18.7 Å². The summed E-state index contributed by atoms with van der Waals surface area (Å²) in [5.74, 6) is 0.127. The Labute approximate surface area is 135 Å². The highest BCUT2D eigenvalue weighted by Crippen LogP contribution is 2.22. The molecule has 122 valence electrons. The van der Waals surface area contributed by atoms with E-state index in [1.54, 1.807) is 0 Å². The molecule has 0 aromatic heterocycles. The smallest absolute Gasteiger partial charge is 0.224 e. The van der Waals surface area contributed by atoms with Gasteiger partial charge in [-0.1, -0.05) is 32.0 Å². The van der Waals surface area contributed by atoms with Crippen molar-refractivity contribution in [1.82, 2.24) is 10.2 Å². The summed E-state index contributed by atoms with van der Waals surface area (Å²) in [6.07, 6.45) is 5.43. The Morgan fingerprint density at radius 1 is 1.18 bits per heavy atom. The molecule has 1 aromatic carbocycles. The maximum atomic E-state index is 12.2. The first-order chi connectivity index (χ1) is 10.4. The molecule has 1 N–H and O–H groups in total. The van der Waals surface area contributed by atoms with E-state index in [0.29, 0.717) is 6.42 Å². The normalized spacial score (nSPS) is 14.8. The summed E-state index contributed by atoms with van der Waals surface area (Å²) in [5.41, 5.74) is 4.16. The molecular weight excluding hydrogens is 272 g/mol. The third-order valence-corrected chi connectivity index (χ3v) is 4.29. The summed E-state index contributed by atoms with van der Waals surface area (Å²) in [6.45, 7) is 6.05. The molecule has 0 spiro atoms. The molecule has 1 aliphatic rings. The first kappa shape index (κ1) is 17.0. The van der Waals surface area contributed by atoms with Crippen LogP contribution in [-0.4, -0.2) is 38.0 Å². The van der Waals surface area contributed by atoms with Gasteiger partial charge in [0.05, 0.1) is 6.42 Å². The van der Waals surface area contributed by atoms with Gasteiger partial charge in [0, 0.05) is 13.1 Å². The lowest BCUT2D eigenvalue weighted by Crippen LogP contribution is -2.40. The molecule has 3 heteroatoms. The van der Waals surface area contributed by atoms with Gasteiger partial charge in [0.25, 0.3) is 0 Å². The van der Waals surface area contributed by atoms with Crippen molar-refractivity contribution < 1.29 is 4.79 Å². The van der Waals surface area contributed by atoms with Gasteiger partial charge in [0.1, 0.15) is 0 Å². The number of carbonyl (C=O) groups is 1. The first-order valence-corrected chi connectivity index (χ1v) is 8.38. The minimum Gasteiger partial charge on any atom is -0.355 e. The van der Waals surface area contributed by atoms with Gasteiger partial charge < -0.3 is 10.2 Å². The lowest BCUT2D eigenvalue weighted by Gasteiger charge is -2.28. The van der Waals surface area contributed by atoms with Crippen molar-refractivity contribution in [3.05, 3.63) is 34.9 Å². The highest BCUT2D eigenvalue weighted by Gasteiger charge is 2.20. The second-order valence-corrected chi connectivity index (χ2v) is 7.67. The van der Waals surface area contributed by atoms with Gasteiger partial charge in [-0.15, -0.1) is 0 Å². The van der Waals surface area contributed by atoms with E-state index in [-0.39, 0.29) is 11.3 Å². The molecule has 0 atom stereocenters. The van der Waals surface area contributed by atoms with E-state index in [9.17, 15) is 4.79 Å². The minimum absolute atomic E-state index is 0.0923. The molecule has 0 heterocycles. The number of fused-ring (bicyclic) bond motifs is 1. The van der Waals surface area contributed by atoms with Crippen molar-refractivity contribution in [2.45, 2.75) is 46.0 Å². The van der Waals surface area contributed by atoms with E-state index in [1.807, 2.05) is 0 Å². The molecule has 0 radical (unpaired) electrons. The van der Waals surface area contributed by atoms with Crippen LogP contribution in [0.3, 0.4) is 0 Å². The van der Waals surface area contributed by atoms with Crippen molar-refractivity contribution in [2.75, 3.05) is 27.2 Å². The number of amides is 1. The predicted octanol–water partition coefficient (Wildman–Crippen LogP) is 2.81. The zero-order valence-corrected chi connectivity index (χ0v) is 14.5. The van der Waals surface area contributed by atoms with Crippen LogP contribution in [0.2, 0.25) is 0 Å². The van der Waals surface area contributed by atoms with Gasteiger partial charge in [0.15, 0.2) is 0 Å². The zero-order chi connectivity index (χ0) is 16.2. The van der Waals surface area contributed by atoms with Crippen LogP contribution in [0.4, 0.5) is 0 Å². The van der Waals surface area contributed by atoms with E-state index in [1.165, 1.54) is 36.8 Å². The van der Waals surface area contributed by atoms with Gasteiger partial charge in [-0.2, -0.15) is 0 Å². The summed E-state index contributed by atoms with van der Waals surface area (Å²) >= 11 is 0. The number of carbonyl (C=O) groups excluding carboxylic acids is 1. The molecular formula is C19H30N2O. The van der Waals surface area contributed by atoms with Crippen LogP contribution in [0.1, 0.15) is 43.4 Å². The van der Waals surface area contributed by atoms with E-state index in [2.05, 4.69) is 56.4 Å². The second-order valence-electron chi connectivity index (χ2n) is 7.67.